The Morgan fingerprint density at radius 1 is 1.62 bits per heavy atom. The third-order valence-electron chi connectivity index (χ3n) is 3.01. The van der Waals surface area contributed by atoms with Gasteiger partial charge in [0.25, 0.3) is 0 Å². The van der Waals surface area contributed by atoms with E-state index in [1.54, 1.807) is 0 Å². The summed E-state index contributed by atoms with van der Waals surface area (Å²) >= 11 is 0. The molecule has 1 fully saturated rings. The Balaban J connectivity index is 2.30. The molecule has 0 aromatic rings. The summed E-state index contributed by atoms with van der Waals surface area (Å²) in [6, 6.07) is 0.441. The molecular weight excluding hydrogens is 206 g/mol. The van der Waals surface area contributed by atoms with Crippen molar-refractivity contribution in [1.82, 2.24) is 5.32 Å². The van der Waals surface area contributed by atoms with Gasteiger partial charge >= 0.3 is 5.97 Å². The van der Waals surface area contributed by atoms with E-state index >= 15 is 0 Å². The van der Waals surface area contributed by atoms with Crippen LogP contribution in [0.1, 0.15) is 33.6 Å². The summed E-state index contributed by atoms with van der Waals surface area (Å²) in [4.78, 5) is 11.2. The van der Waals surface area contributed by atoms with Gasteiger partial charge in [-0.25, -0.2) is 0 Å². The largest absolute Gasteiger partial charge is 0.469 e. The molecule has 0 saturated carbocycles. The van der Waals surface area contributed by atoms with Gasteiger partial charge < -0.3 is 14.8 Å². The molecule has 1 aliphatic rings. The van der Waals surface area contributed by atoms with Crippen molar-refractivity contribution in [3.8, 4) is 0 Å². The number of carbonyl (C=O) groups excluding carboxylic acids is 1. The number of methoxy groups -OCH3 is 1. The minimum absolute atomic E-state index is 0.0512. The molecule has 2 atom stereocenters. The lowest BCUT2D eigenvalue weighted by Crippen LogP contribution is -2.45. The van der Waals surface area contributed by atoms with Gasteiger partial charge in [-0.3, -0.25) is 4.79 Å². The van der Waals surface area contributed by atoms with E-state index in [-0.39, 0.29) is 17.5 Å². The van der Waals surface area contributed by atoms with Crippen LogP contribution >= 0.6 is 0 Å². The number of nitrogens with one attached hydrogen (secondary N) is 1. The number of esters is 1. The third-order valence-corrected chi connectivity index (χ3v) is 3.01. The second-order valence-corrected chi connectivity index (χ2v) is 5.13. The van der Waals surface area contributed by atoms with Crippen molar-refractivity contribution in [1.29, 1.82) is 0 Å². The van der Waals surface area contributed by atoms with Crippen LogP contribution in [0.4, 0.5) is 0 Å². The molecule has 0 aromatic heterocycles. The zero-order valence-corrected chi connectivity index (χ0v) is 10.7. The first-order valence-corrected chi connectivity index (χ1v) is 5.90. The van der Waals surface area contributed by atoms with E-state index in [1.165, 1.54) is 7.11 Å². The maximum absolute atomic E-state index is 11.2. The SMILES string of the molecule is COC(=O)C(C)CNC1CCOC(C)(C)C1. The second-order valence-electron chi connectivity index (χ2n) is 5.13. The minimum atomic E-state index is -0.154. The normalized spacial score (nSPS) is 26.1. The Labute approximate surface area is 97.7 Å². The summed E-state index contributed by atoms with van der Waals surface area (Å²) in [5.41, 5.74) is -0.0512. The molecule has 0 bridgehead atoms. The van der Waals surface area contributed by atoms with Crippen LogP contribution in [0.25, 0.3) is 0 Å². The highest BCUT2D eigenvalue weighted by molar-refractivity contribution is 5.72. The van der Waals surface area contributed by atoms with Crippen molar-refractivity contribution in [2.45, 2.75) is 45.3 Å². The molecule has 16 heavy (non-hydrogen) atoms. The van der Waals surface area contributed by atoms with Crippen molar-refractivity contribution < 1.29 is 14.3 Å². The summed E-state index contributed by atoms with van der Waals surface area (Å²) in [7, 11) is 1.43. The first-order valence-electron chi connectivity index (χ1n) is 5.90. The highest BCUT2D eigenvalue weighted by Gasteiger charge is 2.29. The van der Waals surface area contributed by atoms with E-state index in [1.807, 2.05) is 6.92 Å². The summed E-state index contributed by atoms with van der Waals surface area (Å²) < 4.78 is 10.3. The Morgan fingerprint density at radius 2 is 2.31 bits per heavy atom. The number of ether oxygens (including phenoxy) is 2. The van der Waals surface area contributed by atoms with Gasteiger partial charge in [0.15, 0.2) is 0 Å². The fraction of sp³-hybridized carbons (Fsp3) is 0.917. The van der Waals surface area contributed by atoms with E-state index in [9.17, 15) is 4.79 Å². The standard InChI is InChI=1S/C12H23NO3/c1-9(11(14)15-4)8-13-10-5-6-16-12(2,3)7-10/h9-10,13H,5-8H2,1-4H3. The molecule has 0 amide bonds. The maximum Gasteiger partial charge on any atom is 0.309 e. The second kappa shape index (κ2) is 5.64. The van der Waals surface area contributed by atoms with Crippen molar-refractivity contribution >= 4 is 5.97 Å². The maximum atomic E-state index is 11.2. The molecule has 0 spiro atoms. The topological polar surface area (TPSA) is 47.6 Å². The van der Waals surface area contributed by atoms with Gasteiger partial charge in [0.1, 0.15) is 0 Å². The summed E-state index contributed by atoms with van der Waals surface area (Å²) in [6.07, 6.45) is 2.00. The molecule has 1 saturated heterocycles. The van der Waals surface area contributed by atoms with Gasteiger partial charge in [-0.15, -0.1) is 0 Å². The Kier molecular flexibility index (Phi) is 4.74. The highest BCUT2D eigenvalue weighted by Crippen LogP contribution is 2.23. The van der Waals surface area contributed by atoms with Crippen molar-refractivity contribution in [2.24, 2.45) is 5.92 Å². The van der Waals surface area contributed by atoms with Crippen molar-refractivity contribution in [2.75, 3.05) is 20.3 Å². The van der Waals surface area contributed by atoms with Crippen LogP contribution in [0.3, 0.4) is 0 Å². The monoisotopic (exact) mass is 229 g/mol. The van der Waals surface area contributed by atoms with Crippen molar-refractivity contribution in [3.63, 3.8) is 0 Å². The lowest BCUT2D eigenvalue weighted by molar-refractivity contribution is -0.144. The average molecular weight is 229 g/mol. The predicted octanol–water partition coefficient (Wildman–Crippen LogP) is 1.34. The number of hydrogen-bond acceptors (Lipinski definition) is 4. The summed E-state index contributed by atoms with van der Waals surface area (Å²) in [5, 5.41) is 3.41. The average Bonchev–Trinajstić information content (AvgIpc) is 2.23. The smallest absolute Gasteiger partial charge is 0.309 e. The van der Waals surface area contributed by atoms with E-state index in [2.05, 4.69) is 23.9 Å². The fourth-order valence-corrected chi connectivity index (χ4v) is 2.03. The Morgan fingerprint density at radius 3 is 2.88 bits per heavy atom. The molecule has 94 valence electrons. The predicted molar refractivity (Wildman–Crippen MR) is 62.2 cm³/mol. The number of rotatable bonds is 4. The van der Waals surface area contributed by atoms with Crippen LogP contribution in [-0.2, 0) is 14.3 Å². The van der Waals surface area contributed by atoms with Gasteiger partial charge in [-0.1, -0.05) is 6.92 Å². The summed E-state index contributed by atoms with van der Waals surface area (Å²) in [5.74, 6) is -0.241. The van der Waals surface area contributed by atoms with Crippen molar-refractivity contribution in [3.05, 3.63) is 0 Å². The molecule has 1 N–H and O–H groups in total. The van der Waals surface area contributed by atoms with Crippen LogP contribution in [0.2, 0.25) is 0 Å². The van der Waals surface area contributed by atoms with E-state index in [4.69, 9.17) is 4.74 Å². The minimum Gasteiger partial charge on any atom is -0.469 e. The molecule has 0 aliphatic carbocycles. The molecule has 4 heteroatoms. The lowest BCUT2D eigenvalue weighted by atomic mass is 9.93. The molecule has 1 rings (SSSR count). The van der Waals surface area contributed by atoms with Crippen LogP contribution in [0.5, 0.6) is 0 Å². The molecular formula is C12H23NO3. The van der Waals surface area contributed by atoms with Gasteiger partial charge in [0.2, 0.25) is 0 Å². The van der Waals surface area contributed by atoms with Gasteiger partial charge in [-0.05, 0) is 26.7 Å². The molecule has 0 aromatic carbocycles. The number of hydrogen-bond donors (Lipinski definition) is 1. The van der Waals surface area contributed by atoms with Gasteiger partial charge in [0, 0.05) is 19.2 Å². The number of carbonyl (C=O) groups is 1. The summed E-state index contributed by atoms with van der Waals surface area (Å²) in [6.45, 7) is 7.54. The van der Waals surface area contributed by atoms with E-state index in [0.29, 0.717) is 12.6 Å². The first-order chi connectivity index (χ1) is 7.44. The lowest BCUT2D eigenvalue weighted by Gasteiger charge is -2.36. The van der Waals surface area contributed by atoms with E-state index < -0.39 is 0 Å². The molecule has 2 unspecified atom stereocenters. The highest BCUT2D eigenvalue weighted by atomic mass is 16.5. The van der Waals surface area contributed by atoms with E-state index in [0.717, 1.165) is 19.4 Å². The van der Waals surface area contributed by atoms with Crippen LogP contribution < -0.4 is 5.32 Å². The third kappa shape index (κ3) is 4.10. The van der Waals surface area contributed by atoms with Crippen LogP contribution in [0, 0.1) is 5.92 Å². The molecule has 4 nitrogen and oxygen atoms in total. The Bertz CT molecular complexity index is 240. The molecule has 1 heterocycles. The Hall–Kier alpha value is -0.610. The van der Waals surface area contributed by atoms with Gasteiger partial charge in [0.05, 0.1) is 18.6 Å². The fourth-order valence-electron chi connectivity index (χ4n) is 2.03. The van der Waals surface area contributed by atoms with Crippen LogP contribution in [-0.4, -0.2) is 37.9 Å². The quantitative estimate of drug-likeness (QED) is 0.739. The molecule has 1 aliphatic heterocycles. The zero-order valence-electron chi connectivity index (χ0n) is 10.7. The molecule has 0 radical (unpaired) electrons. The zero-order chi connectivity index (χ0) is 12.2. The van der Waals surface area contributed by atoms with Crippen LogP contribution in [0.15, 0.2) is 0 Å². The van der Waals surface area contributed by atoms with Gasteiger partial charge in [-0.2, -0.15) is 0 Å². The first kappa shape index (κ1) is 13.5.